The van der Waals surface area contributed by atoms with Crippen LogP contribution in [0.15, 0.2) is 0 Å². The predicted molar refractivity (Wildman–Crippen MR) is 72.9 cm³/mol. The summed E-state index contributed by atoms with van der Waals surface area (Å²) in [6.07, 6.45) is 0. The van der Waals surface area contributed by atoms with E-state index in [1.54, 1.807) is 0 Å². The van der Waals surface area contributed by atoms with Gasteiger partial charge in [-0.25, -0.2) is 0 Å². The summed E-state index contributed by atoms with van der Waals surface area (Å²) in [5, 5.41) is 0. The van der Waals surface area contributed by atoms with Crippen molar-refractivity contribution in [3.63, 3.8) is 0 Å². The molecule has 0 aliphatic rings. The van der Waals surface area contributed by atoms with Crippen LogP contribution in [-0.4, -0.2) is 37.1 Å². The van der Waals surface area contributed by atoms with E-state index in [4.69, 9.17) is 9.47 Å². The number of hydrogen-bond acceptors (Lipinski definition) is 3. The highest BCUT2D eigenvalue weighted by Gasteiger charge is 2.32. The Morgan fingerprint density at radius 2 is 1.24 bits per heavy atom. The number of hydrogen-bond donors (Lipinski definition) is 0. The fourth-order valence-corrected chi connectivity index (χ4v) is 1.66. The third kappa shape index (κ3) is 6.39. The minimum atomic E-state index is -0.585. The summed E-state index contributed by atoms with van der Waals surface area (Å²) in [7, 11) is 0. The molecular formula is C14H31NO2. The lowest BCUT2D eigenvalue weighted by atomic mass is 10.2. The third-order valence-corrected chi connectivity index (χ3v) is 2.71. The minimum Gasteiger partial charge on any atom is -0.337 e. The molecule has 0 amide bonds. The van der Waals surface area contributed by atoms with Gasteiger partial charge in [-0.1, -0.05) is 41.5 Å². The maximum Gasteiger partial charge on any atom is 0.226 e. The largest absolute Gasteiger partial charge is 0.337 e. The van der Waals surface area contributed by atoms with Crippen LogP contribution in [0.3, 0.4) is 0 Å². The molecule has 0 fully saturated rings. The van der Waals surface area contributed by atoms with Crippen molar-refractivity contribution in [2.75, 3.05) is 26.3 Å². The summed E-state index contributed by atoms with van der Waals surface area (Å²) >= 11 is 0. The fourth-order valence-electron chi connectivity index (χ4n) is 1.66. The summed E-state index contributed by atoms with van der Waals surface area (Å²) in [6.45, 7) is 18.3. The number of nitrogens with zero attached hydrogens (tertiary/aromatic N) is 1. The molecule has 0 aliphatic carbocycles. The Labute approximate surface area is 107 Å². The second-order valence-corrected chi connectivity index (χ2v) is 5.48. The number of ether oxygens (including phenoxy) is 2. The van der Waals surface area contributed by atoms with Gasteiger partial charge in [-0.05, 0) is 11.8 Å². The molecule has 0 heterocycles. The van der Waals surface area contributed by atoms with Gasteiger partial charge in [0.25, 0.3) is 0 Å². The van der Waals surface area contributed by atoms with Crippen molar-refractivity contribution in [3.05, 3.63) is 0 Å². The van der Waals surface area contributed by atoms with Gasteiger partial charge >= 0.3 is 0 Å². The Morgan fingerprint density at radius 1 is 0.882 bits per heavy atom. The Bertz CT molecular complexity index is 177. The quantitative estimate of drug-likeness (QED) is 0.581. The van der Waals surface area contributed by atoms with Gasteiger partial charge < -0.3 is 9.47 Å². The Morgan fingerprint density at radius 3 is 1.47 bits per heavy atom. The Balaban J connectivity index is 4.54. The summed E-state index contributed by atoms with van der Waals surface area (Å²) in [6, 6.07) is 0. The van der Waals surface area contributed by atoms with Crippen LogP contribution < -0.4 is 0 Å². The summed E-state index contributed by atoms with van der Waals surface area (Å²) in [5.41, 5.74) is 0. The van der Waals surface area contributed by atoms with E-state index in [-0.39, 0.29) is 0 Å². The molecule has 0 N–H and O–H groups in total. The first kappa shape index (κ1) is 16.9. The van der Waals surface area contributed by atoms with Gasteiger partial charge in [0, 0.05) is 20.0 Å². The average Bonchev–Trinajstić information content (AvgIpc) is 2.25. The molecule has 0 aromatic carbocycles. The lowest BCUT2D eigenvalue weighted by molar-refractivity contribution is -0.311. The van der Waals surface area contributed by atoms with Crippen LogP contribution in [0.5, 0.6) is 0 Å². The van der Waals surface area contributed by atoms with E-state index < -0.39 is 5.91 Å². The van der Waals surface area contributed by atoms with E-state index in [0.29, 0.717) is 11.8 Å². The first-order valence-electron chi connectivity index (χ1n) is 6.88. The van der Waals surface area contributed by atoms with E-state index in [1.165, 1.54) is 0 Å². The lowest BCUT2D eigenvalue weighted by Gasteiger charge is -2.40. The molecule has 0 aliphatic heterocycles. The molecule has 0 aromatic rings. The molecule has 0 bridgehead atoms. The van der Waals surface area contributed by atoms with Crippen molar-refractivity contribution in [2.45, 2.75) is 54.4 Å². The molecule has 0 spiro atoms. The first-order chi connectivity index (χ1) is 7.85. The van der Waals surface area contributed by atoms with Crippen molar-refractivity contribution < 1.29 is 9.47 Å². The smallest absolute Gasteiger partial charge is 0.226 e. The molecule has 0 radical (unpaired) electrons. The monoisotopic (exact) mass is 245 g/mol. The normalized spacial score (nSPS) is 13.1. The maximum atomic E-state index is 5.99. The van der Waals surface area contributed by atoms with Gasteiger partial charge in [-0.2, -0.15) is 0 Å². The molecule has 104 valence electrons. The second kappa shape index (κ2) is 8.06. The maximum absolute atomic E-state index is 5.99. The van der Waals surface area contributed by atoms with Gasteiger partial charge in [-0.15, -0.1) is 0 Å². The van der Waals surface area contributed by atoms with Gasteiger partial charge in [0.05, 0.1) is 13.2 Å². The highest BCUT2D eigenvalue weighted by molar-refractivity contribution is 4.66. The molecular weight excluding hydrogens is 214 g/mol. The highest BCUT2D eigenvalue weighted by Crippen LogP contribution is 2.20. The summed E-state index contributed by atoms with van der Waals surface area (Å²) < 4.78 is 12.0. The zero-order chi connectivity index (χ0) is 13.5. The molecule has 0 saturated heterocycles. The highest BCUT2D eigenvalue weighted by atomic mass is 16.7. The lowest BCUT2D eigenvalue weighted by Crippen LogP contribution is -2.51. The van der Waals surface area contributed by atoms with Crippen LogP contribution in [0.4, 0.5) is 0 Å². The van der Waals surface area contributed by atoms with Crippen LogP contribution in [0, 0.1) is 11.8 Å². The standard InChI is InChI=1S/C14H31NO2/c1-8-15(9-2)14(7,16-10-12(3)4)17-11-13(5)6/h12-13H,8-11H2,1-7H3. The Kier molecular flexibility index (Phi) is 8.01. The van der Waals surface area contributed by atoms with E-state index in [1.807, 2.05) is 6.92 Å². The van der Waals surface area contributed by atoms with Crippen molar-refractivity contribution in [2.24, 2.45) is 11.8 Å². The van der Waals surface area contributed by atoms with Gasteiger partial charge in [0.15, 0.2) is 0 Å². The molecule has 0 rings (SSSR count). The molecule has 3 heteroatoms. The van der Waals surface area contributed by atoms with Crippen LogP contribution >= 0.6 is 0 Å². The molecule has 3 nitrogen and oxygen atoms in total. The fraction of sp³-hybridized carbons (Fsp3) is 1.00. The van der Waals surface area contributed by atoms with Crippen molar-refractivity contribution in [3.8, 4) is 0 Å². The van der Waals surface area contributed by atoms with Crippen LogP contribution in [0.25, 0.3) is 0 Å². The van der Waals surface area contributed by atoms with E-state index in [2.05, 4.69) is 46.4 Å². The zero-order valence-corrected chi connectivity index (χ0v) is 12.7. The van der Waals surface area contributed by atoms with Gasteiger partial charge in [0.2, 0.25) is 5.91 Å². The average molecular weight is 245 g/mol. The Hall–Kier alpha value is -0.120. The van der Waals surface area contributed by atoms with Crippen molar-refractivity contribution in [1.29, 1.82) is 0 Å². The molecule has 0 unspecified atom stereocenters. The third-order valence-electron chi connectivity index (χ3n) is 2.71. The van der Waals surface area contributed by atoms with E-state index in [9.17, 15) is 0 Å². The predicted octanol–water partition coefficient (Wildman–Crippen LogP) is 3.35. The summed E-state index contributed by atoms with van der Waals surface area (Å²) in [4.78, 5) is 2.22. The molecule has 0 aromatic heterocycles. The second-order valence-electron chi connectivity index (χ2n) is 5.48. The first-order valence-corrected chi connectivity index (χ1v) is 6.88. The number of rotatable bonds is 9. The molecule has 0 atom stereocenters. The van der Waals surface area contributed by atoms with Crippen molar-refractivity contribution in [1.82, 2.24) is 4.90 Å². The van der Waals surface area contributed by atoms with Crippen LogP contribution in [0.2, 0.25) is 0 Å². The molecule has 17 heavy (non-hydrogen) atoms. The zero-order valence-electron chi connectivity index (χ0n) is 12.7. The van der Waals surface area contributed by atoms with Crippen molar-refractivity contribution >= 4 is 0 Å². The van der Waals surface area contributed by atoms with Crippen LogP contribution in [0.1, 0.15) is 48.5 Å². The van der Waals surface area contributed by atoms with E-state index in [0.717, 1.165) is 26.3 Å². The van der Waals surface area contributed by atoms with Gasteiger partial charge in [-0.3, -0.25) is 4.90 Å². The van der Waals surface area contributed by atoms with Gasteiger partial charge in [0.1, 0.15) is 0 Å². The SMILES string of the molecule is CCN(CC)C(C)(OCC(C)C)OCC(C)C. The van der Waals surface area contributed by atoms with Crippen LogP contribution in [-0.2, 0) is 9.47 Å². The van der Waals surface area contributed by atoms with E-state index >= 15 is 0 Å². The minimum absolute atomic E-state index is 0.521. The summed E-state index contributed by atoms with van der Waals surface area (Å²) in [5.74, 6) is 0.456. The topological polar surface area (TPSA) is 21.7 Å². The molecule has 0 saturated carbocycles.